The molecule has 0 fully saturated rings. The second kappa shape index (κ2) is 11.2. The maximum Gasteiger partial charge on any atom is 0.303 e. The van der Waals surface area contributed by atoms with Gasteiger partial charge in [0.2, 0.25) is 0 Å². The first-order chi connectivity index (χ1) is 14.4. The number of nitrogens with zero attached hydrogens (tertiary/aromatic N) is 1. The average Bonchev–Trinajstić information content (AvgIpc) is 2.77. The summed E-state index contributed by atoms with van der Waals surface area (Å²) in [6, 6.07) is 13.6. The molecular weight excluding hydrogens is 390 g/mol. The van der Waals surface area contributed by atoms with Gasteiger partial charge in [-0.25, -0.2) is 5.43 Å². The van der Waals surface area contributed by atoms with Crippen molar-refractivity contribution in [3.8, 4) is 11.5 Å². The molecule has 2 rings (SSSR count). The predicted octanol–water partition coefficient (Wildman–Crippen LogP) is 1.82. The number of hydrazone groups is 1. The van der Waals surface area contributed by atoms with E-state index in [4.69, 9.17) is 14.6 Å². The van der Waals surface area contributed by atoms with Gasteiger partial charge < -0.3 is 19.9 Å². The number of carboxylic acids is 1. The molecule has 3 N–H and O–H groups in total. The van der Waals surface area contributed by atoms with Crippen molar-refractivity contribution in [2.24, 2.45) is 5.10 Å². The molecule has 0 spiro atoms. The van der Waals surface area contributed by atoms with Crippen LogP contribution >= 0.6 is 0 Å². The van der Waals surface area contributed by atoms with Crippen LogP contribution in [0.15, 0.2) is 53.6 Å². The number of carbonyl (C=O) groups is 3. The molecule has 0 atom stereocenters. The summed E-state index contributed by atoms with van der Waals surface area (Å²) < 4.78 is 10.3. The zero-order valence-electron chi connectivity index (χ0n) is 16.7. The molecule has 0 aliphatic carbocycles. The highest BCUT2D eigenvalue weighted by molar-refractivity contribution is 6.02. The molecule has 0 aliphatic heterocycles. The summed E-state index contributed by atoms with van der Waals surface area (Å²) in [4.78, 5) is 35.2. The summed E-state index contributed by atoms with van der Waals surface area (Å²) in [6.45, 7) is -0.308. The Balaban J connectivity index is 1.98. The largest absolute Gasteiger partial charge is 0.493 e. The number of carbonyl (C=O) groups excluding carboxylic acids is 2. The SMILES string of the molecule is COc1ccc(C(=O)NCC(=O)N/N=C(/CCC(=O)O)c2ccccc2)cc1OC. The van der Waals surface area contributed by atoms with Gasteiger partial charge in [-0.15, -0.1) is 0 Å². The highest BCUT2D eigenvalue weighted by Gasteiger charge is 2.12. The van der Waals surface area contributed by atoms with Crippen LogP contribution in [0.3, 0.4) is 0 Å². The highest BCUT2D eigenvalue weighted by Crippen LogP contribution is 2.27. The number of ether oxygens (including phenoxy) is 2. The van der Waals surface area contributed by atoms with E-state index in [1.165, 1.54) is 20.3 Å². The second-order valence-corrected chi connectivity index (χ2v) is 6.11. The lowest BCUT2D eigenvalue weighted by molar-refractivity contribution is -0.136. The van der Waals surface area contributed by atoms with Gasteiger partial charge in [-0.1, -0.05) is 30.3 Å². The molecule has 2 aromatic rings. The number of benzene rings is 2. The number of nitrogens with one attached hydrogen (secondary N) is 2. The van der Waals surface area contributed by atoms with Crippen molar-refractivity contribution in [1.82, 2.24) is 10.7 Å². The Morgan fingerprint density at radius 1 is 0.933 bits per heavy atom. The predicted molar refractivity (Wildman–Crippen MR) is 110 cm³/mol. The molecule has 9 nitrogen and oxygen atoms in total. The van der Waals surface area contributed by atoms with Crippen molar-refractivity contribution in [2.45, 2.75) is 12.8 Å². The molecule has 2 aromatic carbocycles. The number of carboxylic acid groups (broad SMARTS) is 1. The third-order valence-electron chi connectivity index (χ3n) is 4.05. The van der Waals surface area contributed by atoms with E-state index in [-0.39, 0.29) is 19.4 Å². The van der Waals surface area contributed by atoms with Gasteiger partial charge in [0.1, 0.15) is 0 Å². The van der Waals surface area contributed by atoms with Gasteiger partial charge in [0, 0.05) is 12.0 Å². The first-order valence-electron chi connectivity index (χ1n) is 9.07. The Morgan fingerprint density at radius 2 is 1.63 bits per heavy atom. The van der Waals surface area contributed by atoms with Crippen LogP contribution in [-0.2, 0) is 9.59 Å². The maximum absolute atomic E-state index is 12.3. The average molecular weight is 413 g/mol. The van der Waals surface area contributed by atoms with Crippen molar-refractivity contribution in [3.05, 3.63) is 59.7 Å². The zero-order chi connectivity index (χ0) is 21.9. The van der Waals surface area contributed by atoms with Crippen molar-refractivity contribution >= 4 is 23.5 Å². The lowest BCUT2D eigenvalue weighted by Crippen LogP contribution is -2.35. The minimum atomic E-state index is -0.966. The van der Waals surface area contributed by atoms with Gasteiger partial charge in [-0.3, -0.25) is 14.4 Å². The van der Waals surface area contributed by atoms with Crippen LogP contribution in [0.4, 0.5) is 0 Å². The van der Waals surface area contributed by atoms with E-state index in [1.807, 2.05) is 6.07 Å². The number of aliphatic carboxylic acids is 1. The van der Waals surface area contributed by atoms with Gasteiger partial charge >= 0.3 is 5.97 Å². The first kappa shape index (κ1) is 22.4. The Labute approximate surface area is 173 Å². The van der Waals surface area contributed by atoms with Crippen molar-refractivity contribution in [3.63, 3.8) is 0 Å². The fourth-order valence-corrected chi connectivity index (χ4v) is 2.53. The lowest BCUT2D eigenvalue weighted by Gasteiger charge is -2.10. The smallest absolute Gasteiger partial charge is 0.303 e. The highest BCUT2D eigenvalue weighted by atomic mass is 16.5. The summed E-state index contributed by atoms with van der Waals surface area (Å²) in [6.07, 6.45) is 0.0251. The molecule has 0 saturated carbocycles. The number of rotatable bonds is 10. The molecule has 158 valence electrons. The number of hydrogen-bond donors (Lipinski definition) is 3. The third-order valence-corrected chi connectivity index (χ3v) is 4.05. The van der Waals surface area contributed by atoms with Crippen LogP contribution in [-0.4, -0.2) is 49.4 Å². The normalized spacial score (nSPS) is 10.8. The van der Waals surface area contributed by atoms with E-state index in [1.54, 1.807) is 36.4 Å². The fraction of sp³-hybridized carbons (Fsp3) is 0.238. The maximum atomic E-state index is 12.3. The molecule has 0 heterocycles. The van der Waals surface area contributed by atoms with E-state index in [0.29, 0.717) is 28.3 Å². The molecule has 0 unspecified atom stereocenters. The van der Waals surface area contributed by atoms with Gasteiger partial charge in [-0.05, 0) is 23.8 Å². The molecular formula is C21H23N3O6. The van der Waals surface area contributed by atoms with Crippen molar-refractivity contribution in [1.29, 1.82) is 0 Å². The minimum absolute atomic E-state index is 0.125. The topological polar surface area (TPSA) is 126 Å². The Morgan fingerprint density at radius 3 is 2.27 bits per heavy atom. The van der Waals surface area contributed by atoms with Gasteiger partial charge in [0.25, 0.3) is 11.8 Å². The van der Waals surface area contributed by atoms with E-state index >= 15 is 0 Å². The van der Waals surface area contributed by atoms with Crippen LogP contribution in [0, 0.1) is 0 Å². The fourth-order valence-electron chi connectivity index (χ4n) is 2.53. The van der Waals surface area contributed by atoms with Crippen LogP contribution in [0.1, 0.15) is 28.8 Å². The molecule has 0 bridgehead atoms. The Hall–Kier alpha value is -3.88. The molecule has 0 aliphatic rings. The molecule has 9 heteroatoms. The van der Waals surface area contributed by atoms with E-state index < -0.39 is 17.8 Å². The van der Waals surface area contributed by atoms with Crippen molar-refractivity contribution in [2.75, 3.05) is 20.8 Å². The summed E-state index contributed by atoms with van der Waals surface area (Å²) in [5.41, 5.74) is 3.78. The number of hydrogen-bond acceptors (Lipinski definition) is 6. The molecule has 0 radical (unpaired) electrons. The van der Waals surface area contributed by atoms with E-state index in [9.17, 15) is 14.4 Å². The summed E-state index contributed by atoms with van der Waals surface area (Å²) in [5.74, 6) is -1.11. The number of methoxy groups -OCH3 is 2. The molecule has 0 saturated heterocycles. The zero-order valence-corrected chi connectivity index (χ0v) is 16.7. The molecule has 0 aromatic heterocycles. The Kier molecular flexibility index (Phi) is 8.37. The van der Waals surface area contributed by atoms with Crippen LogP contribution in [0.25, 0.3) is 0 Å². The van der Waals surface area contributed by atoms with Gasteiger partial charge in [-0.2, -0.15) is 5.10 Å². The van der Waals surface area contributed by atoms with Crippen molar-refractivity contribution < 1.29 is 29.0 Å². The Bertz CT molecular complexity index is 928. The summed E-state index contributed by atoms with van der Waals surface area (Å²) in [7, 11) is 2.95. The third kappa shape index (κ3) is 6.62. The second-order valence-electron chi connectivity index (χ2n) is 6.11. The summed E-state index contributed by atoms with van der Waals surface area (Å²) in [5, 5.41) is 15.4. The van der Waals surface area contributed by atoms with E-state index in [0.717, 1.165) is 0 Å². The quantitative estimate of drug-likeness (QED) is 0.403. The van der Waals surface area contributed by atoms with Crippen LogP contribution in [0.5, 0.6) is 11.5 Å². The first-order valence-corrected chi connectivity index (χ1v) is 9.07. The van der Waals surface area contributed by atoms with Crippen LogP contribution < -0.4 is 20.2 Å². The molecule has 2 amide bonds. The van der Waals surface area contributed by atoms with Gasteiger partial charge in [0.15, 0.2) is 11.5 Å². The molecule has 30 heavy (non-hydrogen) atoms. The minimum Gasteiger partial charge on any atom is -0.493 e. The standard InChI is InChI=1S/C21H23N3O6/c1-29-17-10-8-15(12-18(17)30-2)21(28)22-13-19(25)24-23-16(9-11-20(26)27)14-6-4-3-5-7-14/h3-8,10,12H,9,11,13H2,1-2H3,(H,22,28)(H,24,25)(H,26,27)/b23-16-. The number of amides is 2. The summed E-state index contributed by atoms with van der Waals surface area (Å²) >= 11 is 0. The van der Waals surface area contributed by atoms with Gasteiger partial charge in [0.05, 0.1) is 32.9 Å². The monoisotopic (exact) mass is 413 g/mol. The van der Waals surface area contributed by atoms with E-state index in [2.05, 4.69) is 15.8 Å². The van der Waals surface area contributed by atoms with Crippen LogP contribution in [0.2, 0.25) is 0 Å². The lowest BCUT2D eigenvalue weighted by atomic mass is 10.1.